The van der Waals surface area contributed by atoms with Gasteiger partial charge in [-0.2, -0.15) is 0 Å². The predicted octanol–water partition coefficient (Wildman–Crippen LogP) is -1.21. The molecule has 0 spiro atoms. The number of aromatic amines is 1. The highest BCUT2D eigenvalue weighted by molar-refractivity contribution is 5.94. The van der Waals surface area contributed by atoms with Crippen molar-refractivity contribution in [1.29, 1.82) is 0 Å². The van der Waals surface area contributed by atoms with E-state index < -0.39 is 5.91 Å². The molecule has 1 aromatic heterocycles. The molecule has 0 saturated carbocycles. The van der Waals surface area contributed by atoms with Gasteiger partial charge in [-0.1, -0.05) is 5.22 Å². The van der Waals surface area contributed by atoms with Gasteiger partial charge in [0.25, 0.3) is 5.91 Å². The fourth-order valence-corrected chi connectivity index (χ4v) is 1.08. The summed E-state index contributed by atoms with van der Waals surface area (Å²) in [5, 5.41) is 26.3. The lowest BCUT2D eigenvalue weighted by Crippen LogP contribution is -2.24. The first-order valence-electron chi connectivity index (χ1n) is 4.90. The van der Waals surface area contributed by atoms with Gasteiger partial charge in [0.15, 0.2) is 5.69 Å². The lowest BCUT2D eigenvalue weighted by atomic mass is 10.4. The van der Waals surface area contributed by atoms with Crippen molar-refractivity contribution < 1.29 is 15.0 Å². The van der Waals surface area contributed by atoms with Gasteiger partial charge in [-0.25, -0.2) is 4.98 Å². The predicted molar refractivity (Wildman–Crippen MR) is 57.4 cm³/mol. The first-order chi connectivity index (χ1) is 8.19. The van der Waals surface area contributed by atoms with Gasteiger partial charge in [0.1, 0.15) is 0 Å². The van der Waals surface area contributed by atoms with Gasteiger partial charge in [-0.05, 0) is 0 Å². The molecule has 0 aromatic carbocycles. The van der Waals surface area contributed by atoms with Gasteiger partial charge >= 0.3 is 0 Å². The summed E-state index contributed by atoms with van der Waals surface area (Å²) >= 11 is 0. The molecule has 0 saturated heterocycles. The summed E-state index contributed by atoms with van der Waals surface area (Å²) in [4.78, 5) is 17.2. The van der Waals surface area contributed by atoms with Gasteiger partial charge in [-0.15, -0.1) is 5.11 Å². The molecule has 9 nitrogen and oxygen atoms in total. The summed E-state index contributed by atoms with van der Waals surface area (Å²) in [6, 6.07) is 0. The molecule has 0 aliphatic carbocycles. The average Bonchev–Trinajstić information content (AvgIpc) is 2.74. The molecule has 1 heterocycles. The van der Waals surface area contributed by atoms with E-state index in [0.717, 1.165) is 0 Å². The Balaban J connectivity index is 2.73. The van der Waals surface area contributed by atoms with Crippen LogP contribution in [0.25, 0.3) is 0 Å². The third-order valence-electron chi connectivity index (χ3n) is 1.85. The highest BCUT2D eigenvalue weighted by Gasteiger charge is 2.10. The van der Waals surface area contributed by atoms with E-state index in [1.165, 1.54) is 11.3 Å². The van der Waals surface area contributed by atoms with E-state index in [-0.39, 0.29) is 37.8 Å². The second kappa shape index (κ2) is 6.55. The Morgan fingerprint density at radius 3 is 2.65 bits per heavy atom. The smallest absolute Gasteiger partial charge is 0.269 e. The van der Waals surface area contributed by atoms with Crippen molar-refractivity contribution in [3.05, 3.63) is 12.0 Å². The number of H-pyrrole nitrogens is 1. The number of nitrogens with one attached hydrogen (secondary N) is 1. The molecule has 0 unspecified atom stereocenters. The first-order valence-corrected chi connectivity index (χ1v) is 4.90. The van der Waals surface area contributed by atoms with Crippen molar-refractivity contribution in [2.45, 2.75) is 0 Å². The monoisotopic (exact) mass is 242 g/mol. The van der Waals surface area contributed by atoms with Crippen molar-refractivity contribution in [2.75, 3.05) is 26.3 Å². The van der Waals surface area contributed by atoms with E-state index in [4.69, 9.17) is 15.9 Å². The van der Waals surface area contributed by atoms with Crippen LogP contribution in [0.4, 0.5) is 5.82 Å². The van der Waals surface area contributed by atoms with Crippen LogP contribution in [0.15, 0.2) is 16.7 Å². The van der Waals surface area contributed by atoms with Crippen molar-refractivity contribution in [2.24, 2.45) is 16.1 Å². The molecule has 17 heavy (non-hydrogen) atoms. The minimum absolute atomic E-state index is 0.0571. The Hall–Kier alpha value is -2.00. The van der Waals surface area contributed by atoms with Gasteiger partial charge in [0.2, 0.25) is 5.82 Å². The maximum absolute atomic E-state index is 10.9. The van der Waals surface area contributed by atoms with E-state index in [1.54, 1.807) is 0 Å². The summed E-state index contributed by atoms with van der Waals surface area (Å²) in [5.74, 6) is -0.620. The highest BCUT2D eigenvalue weighted by Crippen LogP contribution is 2.13. The number of rotatable bonds is 7. The second-order valence-electron chi connectivity index (χ2n) is 3.06. The molecular weight excluding hydrogens is 228 g/mol. The number of aliphatic hydroxyl groups excluding tert-OH is 2. The molecule has 0 radical (unpaired) electrons. The van der Waals surface area contributed by atoms with Crippen molar-refractivity contribution in [3.63, 3.8) is 0 Å². The maximum atomic E-state index is 10.9. The largest absolute Gasteiger partial charge is 0.394 e. The lowest BCUT2D eigenvalue weighted by Gasteiger charge is -2.13. The van der Waals surface area contributed by atoms with Gasteiger partial charge in [0.05, 0.1) is 32.6 Å². The number of nitrogens with zero attached hydrogens (tertiary/aromatic N) is 4. The van der Waals surface area contributed by atoms with Crippen LogP contribution in [-0.2, 0) is 0 Å². The standard InChI is InChI=1S/C8H14N6O3/c9-7(17)6-8(11-5-10-6)12-13-14(1-3-15)2-4-16/h5,15-16H,1-4H2,(H2,9,17)(H,10,11)/b13-12+. The zero-order chi connectivity index (χ0) is 12.7. The van der Waals surface area contributed by atoms with E-state index in [1.807, 2.05) is 0 Å². The molecule has 5 N–H and O–H groups in total. The summed E-state index contributed by atoms with van der Waals surface area (Å²) in [6.45, 7) is 0.200. The Bertz CT molecular complexity index is 384. The van der Waals surface area contributed by atoms with Crippen LogP contribution in [0.5, 0.6) is 0 Å². The zero-order valence-corrected chi connectivity index (χ0v) is 9.07. The molecule has 1 amide bonds. The van der Waals surface area contributed by atoms with Crippen LogP contribution in [0.3, 0.4) is 0 Å². The number of carbonyl (C=O) groups is 1. The highest BCUT2D eigenvalue weighted by atomic mass is 16.3. The van der Waals surface area contributed by atoms with Gasteiger partial charge in [-0.3, -0.25) is 9.80 Å². The van der Waals surface area contributed by atoms with Crippen molar-refractivity contribution in [3.8, 4) is 0 Å². The summed E-state index contributed by atoms with van der Waals surface area (Å²) in [5.41, 5.74) is 5.13. The molecule has 0 aliphatic heterocycles. The minimum Gasteiger partial charge on any atom is -0.394 e. The van der Waals surface area contributed by atoms with Gasteiger partial charge < -0.3 is 20.9 Å². The van der Waals surface area contributed by atoms with E-state index >= 15 is 0 Å². The zero-order valence-electron chi connectivity index (χ0n) is 9.07. The molecule has 0 aliphatic rings. The third-order valence-corrected chi connectivity index (χ3v) is 1.85. The number of aromatic nitrogens is 2. The van der Waals surface area contributed by atoms with Crippen molar-refractivity contribution in [1.82, 2.24) is 15.0 Å². The lowest BCUT2D eigenvalue weighted by molar-refractivity contribution is 0.0996. The topological polar surface area (TPSA) is 140 Å². The number of carbonyl (C=O) groups excluding carboxylic acids is 1. The molecule has 94 valence electrons. The maximum Gasteiger partial charge on any atom is 0.269 e. The van der Waals surface area contributed by atoms with Crippen LogP contribution in [-0.4, -0.2) is 57.4 Å². The normalized spacial score (nSPS) is 10.9. The summed E-state index contributed by atoms with van der Waals surface area (Å²) in [6.07, 6.45) is 1.27. The van der Waals surface area contributed by atoms with Crippen LogP contribution in [0, 0.1) is 0 Å². The fraction of sp³-hybridized carbons (Fsp3) is 0.500. The minimum atomic E-state index is -0.688. The molecule has 9 heteroatoms. The number of aliphatic hydroxyl groups is 2. The van der Waals surface area contributed by atoms with Crippen LogP contribution < -0.4 is 5.73 Å². The molecule has 0 bridgehead atoms. The van der Waals surface area contributed by atoms with Crippen LogP contribution >= 0.6 is 0 Å². The van der Waals surface area contributed by atoms with Gasteiger partial charge in [0, 0.05) is 0 Å². The summed E-state index contributed by atoms with van der Waals surface area (Å²) in [7, 11) is 0. The van der Waals surface area contributed by atoms with E-state index in [9.17, 15) is 4.79 Å². The molecule has 0 atom stereocenters. The number of imidazole rings is 1. The van der Waals surface area contributed by atoms with Crippen molar-refractivity contribution >= 4 is 11.7 Å². The first kappa shape index (κ1) is 13.1. The average molecular weight is 242 g/mol. The summed E-state index contributed by atoms with van der Waals surface area (Å²) < 4.78 is 0. The van der Waals surface area contributed by atoms with E-state index in [2.05, 4.69) is 20.3 Å². The fourth-order valence-electron chi connectivity index (χ4n) is 1.08. The Kier molecular flexibility index (Phi) is 5.04. The van der Waals surface area contributed by atoms with Crippen LogP contribution in [0.1, 0.15) is 10.5 Å². The molecular formula is C8H14N6O3. The second-order valence-corrected chi connectivity index (χ2v) is 3.06. The van der Waals surface area contributed by atoms with E-state index in [0.29, 0.717) is 0 Å². The number of hydrogen-bond acceptors (Lipinski definition) is 6. The third kappa shape index (κ3) is 3.81. The Labute approximate surface area is 97.0 Å². The molecule has 0 fully saturated rings. The molecule has 1 aromatic rings. The number of amides is 1. The Morgan fingerprint density at radius 1 is 1.47 bits per heavy atom. The SMILES string of the molecule is NC(=O)c1[nH]cnc1/N=N/N(CCO)CCO. The quantitative estimate of drug-likeness (QED) is 0.351. The van der Waals surface area contributed by atoms with Crippen LogP contribution in [0.2, 0.25) is 0 Å². The number of hydrogen-bond donors (Lipinski definition) is 4. The number of nitrogens with two attached hydrogens (primary N) is 1. The Morgan fingerprint density at radius 2 is 2.12 bits per heavy atom. The molecule has 1 rings (SSSR count). The number of primary amides is 1.